The lowest BCUT2D eigenvalue weighted by atomic mass is 9.76. The van der Waals surface area contributed by atoms with Gasteiger partial charge in [0.25, 0.3) is 0 Å². The summed E-state index contributed by atoms with van der Waals surface area (Å²) < 4.78 is 5.93. The van der Waals surface area contributed by atoms with Gasteiger partial charge in [-0.3, -0.25) is 4.79 Å². The van der Waals surface area contributed by atoms with Gasteiger partial charge in [-0.2, -0.15) is 0 Å². The van der Waals surface area contributed by atoms with E-state index >= 15 is 0 Å². The average molecular weight is 593 g/mol. The molecule has 0 amide bonds. The minimum atomic E-state index is -0.233. The quantitative estimate of drug-likeness (QED) is 0.0540. The van der Waals surface area contributed by atoms with Crippen LogP contribution in [-0.4, -0.2) is 12.6 Å². The molecule has 0 spiro atoms. The molecule has 0 saturated carbocycles. The van der Waals surface area contributed by atoms with Crippen molar-refractivity contribution in [1.29, 1.82) is 0 Å². The maximum absolute atomic E-state index is 13.3. The van der Waals surface area contributed by atoms with E-state index < -0.39 is 0 Å². The Balaban J connectivity index is 3.89. The molecule has 0 bridgehead atoms. The molecule has 0 aliphatic carbocycles. The molecule has 1 atom stereocenters. The van der Waals surface area contributed by atoms with Gasteiger partial charge in [0.1, 0.15) is 0 Å². The Morgan fingerprint density at radius 3 is 1.00 bits per heavy atom. The second-order valence-electron chi connectivity index (χ2n) is 13.8. The van der Waals surface area contributed by atoms with Gasteiger partial charge in [0, 0.05) is 0 Å². The van der Waals surface area contributed by atoms with Gasteiger partial charge in [-0.05, 0) is 25.7 Å². The van der Waals surface area contributed by atoms with Crippen LogP contribution in [0.1, 0.15) is 240 Å². The van der Waals surface area contributed by atoms with Crippen molar-refractivity contribution in [2.45, 2.75) is 240 Å². The topological polar surface area (TPSA) is 26.3 Å². The van der Waals surface area contributed by atoms with Gasteiger partial charge in [0.2, 0.25) is 0 Å². The van der Waals surface area contributed by atoms with Crippen LogP contribution in [0, 0.1) is 5.41 Å². The Kier molecular flexibility index (Phi) is 32.9. The molecule has 0 radical (unpaired) electrons. The maximum atomic E-state index is 13.3. The molecule has 0 aliphatic heterocycles. The predicted molar refractivity (Wildman–Crippen MR) is 188 cm³/mol. The zero-order chi connectivity index (χ0) is 30.8. The monoisotopic (exact) mass is 593 g/mol. The number of ether oxygens (including phenoxy) is 1. The smallest absolute Gasteiger partial charge is 0.312 e. The molecule has 0 aromatic rings. The molecule has 0 rings (SSSR count). The van der Waals surface area contributed by atoms with Crippen molar-refractivity contribution in [2.24, 2.45) is 5.41 Å². The molecule has 0 aromatic carbocycles. The number of unbranched alkanes of at least 4 members (excludes halogenated alkanes) is 27. The Morgan fingerprint density at radius 1 is 0.381 bits per heavy atom. The van der Waals surface area contributed by atoms with Gasteiger partial charge in [0.05, 0.1) is 12.0 Å². The molecular weight excluding hydrogens is 512 g/mol. The molecule has 0 N–H and O–H groups in total. The Hall–Kier alpha value is -0.530. The number of hydrogen-bond acceptors (Lipinski definition) is 2. The highest BCUT2D eigenvalue weighted by atomic mass is 16.5. The van der Waals surface area contributed by atoms with Gasteiger partial charge < -0.3 is 4.74 Å². The summed E-state index contributed by atoms with van der Waals surface area (Å²) in [5, 5.41) is 0. The molecule has 0 saturated heterocycles. The fourth-order valence-corrected chi connectivity index (χ4v) is 6.61. The normalized spacial score (nSPS) is 13.0. The Labute approximate surface area is 266 Å². The van der Waals surface area contributed by atoms with Gasteiger partial charge in [-0.15, -0.1) is 0 Å². The summed E-state index contributed by atoms with van der Waals surface area (Å²) in [4.78, 5) is 13.3. The van der Waals surface area contributed by atoms with E-state index in [0.717, 1.165) is 38.5 Å². The summed E-state index contributed by atoms with van der Waals surface area (Å²) in [6, 6.07) is 0. The molecular formula is C40H80O2. The second kappa shape index (κ2) is 33.4. The van der Waals surface area contributed by atoms with Crippen LogP contribution in [0.25, 0.3) is 0 Å². The van der Waals surface area contributed by atoms with Crippen molar-refractivity contribution in [1.82, 2.24) is 0 Å². The van der Waals surface area contributed by atoms with Crippen molar-refractivity contribution >= 4 is 5.97 Å². The fraction of sp³-hybridized carbons (Fsp3) is 0.975. The summed E-state index contributed by atoms with van der Waals surface area (Å²) in [7, 11) is 0. The van der Waals surface area contributed by atoms with Gasteiger partial charge >= 0.3 is 5.97 Å². The molecule has 1 unspecified atom stereocenters. The number of carbonyl (C=O) groups is 1. The first-order valence-corrected chi connectivity index (χ1v) is 19.8. The van der Waals surface area contributed by atoms with E-state index in [-0.39, 0.29) is 11.4 Å². The van der Waals surface area contributed by atoms with E-state index in [0.29, 0.717) is 6.61 Å². The van der Waals surface area contributed by atoms with Crippen LogP contribution in [0.2, 0.25) is 0 Å². The maximum Gasteiger partial charge on any atom is 0.312 e. The molecule has 0 aliphatic rings. The van der Waals surface area contributed by atoms with Crippen LogP contribution >= 0.6 is 0 Å². The molecule has 0 fully saturated rings. The third kappa shape index (κ3) is 25.9. The summed E-state index contributed by atoms with van der Waals surface area (Å²) in [5.74, 6) is 0.114. The van der Waals surface area contributed by atoms with E-state index in [4.69, 9.17) is 4.74 Å². The predicted octanol–water partition coefficient (Wildman–Crippen LogP) is 14.5. The fourth-order valence-electron chi connectivity index (χ4n) is 6.61. The first-order chi connectivity index (χ1) is 20.7. The molecule has 2 nitrogen and oxygen atoms in total. The Morgan fingerprint density at radius 2 is 0.667 bits per heavy atom. The summed E-state index contributed by atoms with van der Waals surface area (Å²) in [6.45, 7) is 9.67. The lowest BCUT2D eigenvalue weighted by molar-refractivity contribution is -0.157. The van der Waals surface area contributed by atoms with Crippen LogP contribution in [0.5, 0.6) is 0 Å². The van der Waals surface area contributed by atoms with E-state index in [1.807, 2.05) is 0 Å². The minimum absolute atomic E-state index is 0.114. The van der Waals surface area contributed by atoms with Crippen LogP contribution in [0.3, 0.4) is 0 Å². The third-order valence-corrected chi connectivity index (χ3v) is 9.86. The van der Waals surface area contributed by atoms with Crippen molar-refractivity contribution < 1.29 is 9.53 Å². The van der Waals surface area contributed by atoms with Gasteiger partial charge in [0.15, 0.2) is 0 Å². The number of rotatable bonds is 35. The summed E-state index contributed by atoms with van der Waals surface area (Å²) in [6.07, 6.45) is 43.7. The van der Waals surface area contributed by atoms with Crippen LogP contribution in [-0.2, 0) is 9.53 Å². The van der Waals surface area contributed by atoms with E-state index in [1.165, 1.54) is 173 Å². The number of esters is 1. The largest absolute Gasteiger partial charge is 0.465 e. The molecule has 0 heterocycles. The molecule has 2 heteroatoms. The first kappa shape index (κ1) is 41.5. The minimum Gasteiger partial charge on any atom is -0.465 e. The van der Waals surface area contributed by atoms with Gasteiger partial charge in [-0.1, -0.05) is 214 Å². The lowest BCUT2D eigenvalue weighted by Gasteiger charge is -2.30. The van der Waals surface area contributed by atoms with E-state index in [9.17, 15) is 4.79 Å². The first-order valence-electron chi connectivity index (χ1n) is 19.8. The molecule has 252 valence electrons. The number of carbonyl (C=O) groups excluding carboxylic acids is 1. The van der Waals surface area contributed by atoms with Crippen molar-refractivity contribution in [3.8, 4) is 0 Å². The highest BCUT2D eigenvalue weighted by molar-refractivity contribution is 5.76. The van der Waals surface area contributed by atoms with Crippen LogP contribution < -0.4 is 0 Å². The van der Waals surface area contributed by atoms with Crippen molar-refractivity contribution in [2.75, 3.05) is 6.61 Å². The van der Waals surface area contributed by atoms with Crippen molar-refractivity contribution in [3.63, 3.8) is 0 Å². The van der Waals surface area contributed by atoms with Crippen LogP contribution in [0.15, 0.2) is 0 Å². The van der Waals surface area contributed by atoms with E-state index in [2.05, 4.69) is 27.7 Å². The SMILES string of the molecule is CCCCCCCCCCCCCCCCOC(=O)C(CC)(CCCC)CCCCCCCCCCCCCCCC. The van der Waals surface area contributed by atoms with E-state index in [1.54, 1.807) is 0 Å². The average Bonchev–Trinajstić information content (AvgIpc) is 3.00. The highest BCUT2D eigenvalue weighted by Gasteiger charge is 2.36. The standard InChI is InChI=1S/C40H80O2/c1-5-9-12-14-16-18-20-22-24-26-28-30-32-34-37-40(8-4,36-11-7-3)39(41)42-38-35-33-31-29-27-25-23-21-19-17-15-13-10-6-2/h5-38H2,1-4H3. The highest BCUT2D eigenvalue weighted by Crippen LogP contribution is 2.36. The zero-order valence-corrected chi connectivity index (χ0v) is 29.9. The van der Waals surface area contributed by atoms with Crippen LogP contribution in [0.4, 0.5) is 0 Å². The summed E-state index contributed by atoms with van der Waals surface area (Å²) in [5.41, 5.74) is -0.233. The molecule has 0 aromatic heterocycles. The lowest BCUT2D eigenvalue weighted by Crippen LogP contribution is -2.33. The molecule has 42 heavy (non-hydrogen) atoms. The zero-order valence-electron chi connectivity index (χ0n) is 29.9. The van der Waals surface area contributed by atoms with Crippen molar-refractivity contribution in [3.05, 3.63) is 0 Å². The summed E-state index contributed by atoms with van der Waals surface area (Å²) >= 11 is 0. The Bertz CT molecular complexity index is 530. The van der Waals surface area contributed by atoms with Gasteiger partial charge in [-0.25, -0.2) is 0 Å². The number of hydrogen-bond donors (Lipinski definition) is 0. The second-order valence-corrected chi connectivity index (χ2v) is 13.8. The third-order valence-electron chi connectivity index (χ3n) is 9.86.